The van der Waals surface area contributed by atoms with E-state index in [0.717, 1.165) is 65.8 Å². The molecular weight excluding hydrogens is 977 g/mol. The number of amides is 3. The number of ether oxygens (including phenoxy) is 2. The van der Waals surface area contributed by atoms with Crippen molar-refractivity contribution in [3.63, 3.8) is 0 Å². The highest BCUT2D eigenvalue weighted by Gasteiger charge is 2.44. The van der Waals surface area contributed by atoms with Crippen molar-refractivity contribution < 1.29 is 34.1 Å². The number of aliphatic hydroxyl groups is 2. The Balaban J connectivity index is 0.741. The fraction of sp³-hybridized carbons (Fsp3) is 0.444. The molecule has 0 bridgehead atoms. The van der Waals surface area contributed by atoms with Gasteiger partial charge in [0.05, 0.1) is 54.2 Å². The minimum Gasteiger partial charge on any atom is -0.391 e. The van der Waals surface area contributed by atoms with E-state index in [-0.39, 0.29) is 50.7 Å². The highest BCUT2D eigenvalue weighted by Crippen LogP contribution is 2.29. The molecule has 5 N–H and O–H groups in total. The number of fused-ring (bicyclic) bond motifs is 1. The molecule has 21 heteroatoms. The molecule has 398 valence electrons. The summed E-state index contributed by atoms with van der Waals surface area (Å²) in [5.74, 6) is -0.544. The number of likely N-dealkylation sites (tertiary alicyclic amines) is 1. The average Bonchev–Trinajstić information content (AvgIpc) is 4.08. The van der Waals surface area contributed by atoms with Gasteiger partial charge in [0.25, 0.3) is 5.56 Å². The van der Waals surface area contributed by atoms with Crippen molar-refractivity contribution in [2.24, 2.45) is 5.41 Å². The topological polar surface area (TPSA) is 234 Å². The average molecular weight is 1050 g/mol. The monoisotopic (exact) mass is 1040 g/mol. The Morgan fingerprint density at radius 1 is 0.933 bits per heavy atom. The highest BCUT2D eigenvalue weighted by atomic mass is 32.1. The van der Waals surface area contributed by atoms with Gasteiger partial charge in [-0.2, -0.15) is 4.98 Å². The first-order chi connectivity index (χ1) is 35.9. The standard InChI is InChI=1S/C54H68N12O8S/c1-8-20-65-50(70)41-31-56-52(61-48(41)66(65)44-11-9-10-43(59-44)54(6,7)72)58-38-16-18-39(19-17-38)63-23-21-62(22-24-63)25-26-73-27-28-74-33-45(68)60-47(53(3,4)5)51(71)64-32-40(67)29-42(64)49(69)55-30-36-12-14-37(15-13-36)46-35(2)57-34-75-46/h8-19,31,34,40,42,47,67,72H,1,20-30,32-33H2,2-7H3,(H,55,69)(H,60,68)(H,56,58,61)/t40?,42?,47-/m1/s1. The lowest BCUT2D eigenvalue weighted by Crippen LogP contribution is -2.58. The Labute approximate surface area is 440 Å². The summed E-state index contributed by atoms with van der Waals surface area (Å²) < 4.78 is 14.6. The number of nitrogens with one attached hydrogen (secondary N) is 3. The summed E-state index contributed by atoms with van der Waals surface area (Å²) in [5, 5.41) is 30.6. The van der Waals surface area contributed by atoms with E-state index in [2.05, 4.69) is 47.3 Å². The van der Waals surface area contributed by atoms with Gasteiger partial charge in [-0.25, -0.2) is 24.3 Å². The van der Waals surface area contributed by atoms with Gasteiger partial charge in [-0.15, -0.1) is 17.9 Å². The molecule has 3 amide bonds. The third-order valence-electron chi connectivity index (χ3n) is 13.3. The molecule has 4 aromatic heterocycles. The van der Waals surface area contributed by atoms with Crippen LogP contribution in [0.25, 0.3) is 27.3 Å². The van der Waals surface area contributed by atoms with Crippen LogP contribution >= 0.6 is 11.3 Å². The van der Waals surface area contributed by atoms with E-state index in [1.165, 1.54) is 15.8 Å². The summed E-state index contributed by atoms with van der Waals surface area (Å²) in [4.78, 5) is 79.3. The Morgan fingerprint density at radius 3 is 2.35 bits per heavy atom. The third-order valence-corrected chi connectivity index (χ3v) is 14.3. The van der Waals surface area contributed by atoms with Gasteiger partial charge in [0.15, 0.2) is 11.5 Å². The maximum Gasteiger partial charge on any atom is 0.278 e. The molecule has 2 aromatic carbocycles. The van der Waals surface area contributed by atoms with Crippen molar-refractivity contribution >= 4 is 57.4 Å². The first kappa shape index (κ1) is 54.4. The van der Waals surface area contributed by atoms with E-state index < -0.39 is 41.0 Å². The SMILES string of the molecule is C=CCn1c(=O)c2cnc(Nc3ccc(N4CCN(CCOCCOCC(=O)N[C@H](C(=O)N5CC(O)CC5C(=O)NCc5ccc(-c6scnc6C)cc5)C(C)(C)C)CC4)cc3)nc2n1-c1cccc(C(C)(C)O)n1. The van der Waals surface area contributed by atoms with E-state index in [1.54, 1.807) is 54.1 Å². The minimum atomic E-state index is -1.19. The van der Waals surface area contributed by atoms with Crippen LogP contribution in [0.15, 0.2) is 95.9 Å². The zero-order valence-electron chi connectivity index (χ0n) is 43.5. The summed E-state index contributed by atoms with van der Waals surface area (Å²) in [6, 6.07) is 19.3. The lowest BCUT2D eigenvalue weighted by molar-refractivity contribution is -0.144. The van der Waals surface area contributed by atoms with E-state index in [4.69, 9.17) is 14.5 Å². The van der Waals surface area contributed by atoms with Gasteiger partial charge in [-0.05, 0) is 73.7 Å². The largest absolute Gasteiger partial charge is 0.391 e. The molecule has 6 aromatic rings. The molecule has 20 nitrogen and oxygen atoms in total. The number of rotatable bonds is 21. The lowest BCUT2D eigenvalue weighted by atomic mass is 9.85. The number of hydrogen-bond acceptors (Lipinski definition) is 16. The van der Waals surface area contributed by atoms with Crippen LogP contribution in [0.2, 0.25) is 0 Å². The number of nitrogens with zero attached hydrogens (tertiary/aromatic N) is 9. The number of pyridine rings is 1. The molecule has 2 unspecified atom stereocenters. The van der Waals surface area contributed by atoms with E-state index in [9.17, 15) is 29.4 Å². The van der Waals surface area contributed by atoms with Crippen molar-refractivity contribution in [1.29, 1.82) is 0 Å². The van der Waals surface area contributed by atoms with Crippen molar-refractivity contribution in [3.05, 3.63) is 118 Å². The zero-order chi connectivity index (χ0) is 53.4. The van der Waals surface area contributed by atoms with Crippen molar-refractivity contribution in [2.45, 2.75) is 84.8 Å². The Hall–Kier alpha value is -6.88. The molecule has 8 rings (SSSR count). The molecule has 2 aliphatic heterocycles. The molecule has 2 fully saturated rings. The number of hydrogen-bond donors (Lipinski definition) is 5. The second-order valence-corrected chi connectivity index (χ2v) is 21.3. The Bertz CT molecular complexity index is 3010. The molecule has 0 radical (unpaired) electrons. The normalized spacial score (nSPS) is 16.8. The Morgan fingerprint density at radius 2 is 1.67 bits per heavy atom. The number of aliphatic hydroxyl groups excluding tert-OH is 1. The number of anilines is 3. The fourth-order valence-corrected chi connectivity index (χ4v) is 9.98. The lowest BCUT2D eigenvalue weighted by Gasteiger charge is -2.36. The predicted octanol–water partition coefficient (Wildman–Crippen LogP) is 4.53. The summed E-state index contributed by atoms with van der Waals surface area (Å²) >= 11 is 1.57. The molecule has 0 spiro atoms. The molecule has 2 saturated heterocycles. The number of allylic oxidation sites excluding steroid dienone is 1. The number of thiazole rings is 1. The van der Waals surface area contributed by atoms with Crippen LogP contribution in [0.1, 0.15) is 58.0 Å². The van der Waals surface area contributed by atoms with Gasteiger partial charge in [0.2, 0.25) is 23.7 Å². The number of aromatic nitrogens is 6. The molecule has 0 aliphatic carbocycles. The summed E-state index contributed by atoms with van der Waals surface area (Å²) in [7, 11) is 0. The van der Waals surface area contributed by atoms with Crippen molar-refractivity contribution in [3.8, 4) is 16.3 Å². The number of aryl methyl sites for hydroxylation is 1. The smallest absolute Gasteiger partial charge is 0.278 e. The fourth-order valence-electron chi connectivity index (χ4n) is 9.17. The van der Waals surface area contributed by atoms with Crippen LogP contribution in [0.3, 0.4) is 0 Å². The molecule has 2 aliphatic rings. The van der Waals surface area contributed by atoms with Gasteiger partial charge < -0.3 is 45.4 Å². The van der Waals surface area contributed by atoms with Crippen LogP contribution in [-0.2, 0) is 42.5 Å². The highest BCUT2D eigenvalue weighted by molar-refractivity contribution is 7.13. The van der Waals surface area contributed by atoms with Crippen LogP contribution < -0.4 is 26.4 Å². The van der Waals surface area contributed by atoms with Crippen LogP contribution in [-0.4, -0.2) is 151 Å². The summed E-state index contributed by atoms with van der Waals surface area (Å²) in [6.07, 6.45) is 2.35. The molecule has 0 saturated carbocycles. The zero-order valence-corrected chi connectivity index (χ0v) is 44.3. The van der Waals surface area contributed by atoms with E-state index >= 15 is 0 Å². The number of carbonyl (C=O) groups excluding carboxylic acids is 3. The quantitative estimate of drug-likeness (QED) is 0.0492. The number of carbonyl (C=O) groups is 3. The van der Waals surface area contributed by atoms with Gasteiger partial charge >= 0.3 is 0 Å². The summed E-state index contributed by atoms with van der Waals surface area (Å²) in [6.45, 7) is 19.9. The van der Waals surface area contributed by atoms with Gasteiger partial charge in [0.1, 0.15) is 29.7 Å². The molecule has 75 heavy (non-hydrogen) atoms. The van der Waals surface area contributed by atoms with Gasteiger partial charge in [-0.3, -0.25) is 24.1 Å². The predicted molar refractivity (Wildman–Crippen MR) is 288 cm³/mol. The van der Waals surface area contributed by atoms with Gasteiger partial charge in [0, 0.05) is 69.8 Å². The second-order valence-electron chi connectivity index (χ2n) is 20.5. The van der Waals surface area contributed by atoms with Crippen LogP contribution in [0, 0.1) is 12.3 Å². The van der Waals surface area contributed by atoms with E-state index in [0.29, 0.717) is 41.7 Å². The number of β-amino-alcohol motifs (C(OH)–C–C–N with tert-alkyl or cyclic N) is 1. The third kappa shape index (κ3) is 13.3. The second kappa shape index (κ2) is 23.8. The van der Waals surface area contributed by atoms with E-state index in [1.807, 2.05) is 81.7 Å². The summed E-state index contributed by atoms with van der Waals surface area (Å²) in [5.41, 5.74) is 5.22. The first-order valence-corrected chi connectivity index (χ1v) is 26.1. The van der Waals surface area contributed by atoms with Crippen molar-refractivity contribution in [1.82, 2.24) is 49.7 Å². The molecular formula is C54H68N12O8S. The van der Waals surface area contributed by atoms with Crippen LogP contribution in [0.5, 0.6) is 0 Å². The Kier molecular flexibility index (Phi) is 17.2. The molecule has 6 heterocycles. The maximum atomic E-state index is 14.0. The van der Waals surface area contributed by atoms with Crippen molar-refractivity contribution in [2.75, 3.05) is 75.9 Å². The number of benzene rings is 2. The maximum absolute atomic E-state index is 14.0. The minimum absolute atomic E-state index is 0.0159. The van der Waals surface area contributed by atoms with Gasteiger partial charge in [-0.1, -0.05) is 57.2 Å². The first-order valence-electron chi connectivity index (χ1n) is 25.2. The molecule has 3 atom stereocenters. The number of piperazine rings is 1. The van der Waals surface area contributed by atoms with Crippen LogP contribution in [0.4, 0.5) is 17.3 Å².